The zero-order valence-corrected chi connectivity index (χ0v) is 10.3. The van der Waals surface area contributed by atoms with Gasteiger partial charge in [-0.25, -0.2) is 0 Å². The fourth-order valence-electron chi connectivity index (χ4n) is 1.15. The Morgan fingerprint density at radius 1 is 1.13 bits per heavy atom. The number of hydrogen-bond acceptors (Lipinski definition) is 7. The molecule has 0 saturated carbocycles. The summed E-state index contributed by atoms with van der Waals surface area (Å²) >= 11 is 2.70. The molecule has 0 unspecified atom stereocenters. The molecule has 0 spiro atoms. The molecule has 2 rings (SSSR count). The molecule has 0 bridgehead atoms. The topological polar surface area (TPSA) is 77.6 Å². The molecule has 5 nitrogen and oxygen atoms in total. The van der Waals surface area contributed by atoms with E-state index in [1.165, 1.54) is 22.9 Å². The number of rotatable bonds is 1. The van der Waals surface area contributed by atoms with Crippen molar-refractivity contribution in [3.05, 3.63) is 5.69 Å². The van der Waals surface area contributed by atoms with Crippen LogP contribution in [0.5, 0.6) is 0 Å². The summed E-state index contributed by atoms with van der Waals surface area (Å²) < 4.78 is 3.96. The van der Waals surface area contributed by atoms with E-state index in [2.05, 4.69) is 40.6 Å². The van der Waals surface area contributed by atoms with Crippen LogP contribution >= 0.6 is 22.9 Å². The lowest BCUT2D eigenvalue weighted by Crippen LogP contribution is -2.12. The van der Waals surface area contributed by atoms with E-state index < -0.39 is 0 Å². The van der Waals surface area contributed by atoms with E-state index in [4.69, 9.17) is 5.73 Å². The Hall–Kier alpha value is -1.08. The van der Waals surface area contributed by atoms with Crippen LogP contribution in [0, 0.1) is 0 Å². The summed E-state index contributed by atoms with van der Waals surface area (Å²) in [5.74, 6) is 0. The number of aromatic nitrogens is 4. The van der Waals surface area contributed by atoms with E-state index in [9.17, 15) is 0 Å². The van der Waals surface area contributed by atoms with E-state index in [-0.39, 0.29) is 5.41 Å². The standard InChI is InChI=1S/C8H11N5S2/c1-8(2,3)5-4(15-13-10-5)6-11-12-7(9)14-6/h1-3H3,(H2,9,12). The van der Waals surface area contributed by atoms with Crippen molar-refractivity contribution in [2.45, 2.75) is 26.2 Å². The minimum atomic E-state index is -0.0389. The zero-order valence-electron chi connectivity index (χ0n) is 8.68. The second-order valence-corrected chi connectivity index (χ2v) is 5.91. The predicted molar refractivity (Wildman–Crippen MR) is 61.9 cm³/mol. The van der Waals surface area contributed by atoms with Gasteiger partial charge in [-0.05, 0) is 11.5 Å². The molecule has 0 amide bonds. The molecular weight excluding hydrogens is 230 g/mol. The summed E-state index contributed by atoms with van der Waals surface area (Å²) in [6, 6.07) is 0. The van der Waals surface area contributed by atoms with E-state index in [0.29, 0.717) is 5.13 Å². The highest BCUT2D eigenvalue weighted by Gasteiger charge is 2.24. The maximum absolute atomic E-state index is 5.55. The lowest BCUT2D eigenvalue weighted by molar-refractivity contribution is 0.568. The molecule has 0 aliphatic heterocycles. The van der Waals surface area contributed by atoms with Crippen molar-refractivity contribution >= 4 is 28.0 Å². The van der Waals surface area contributed by atoms with Crippen molar-refractivity contribution in [3.8, 4) is 9.88 Å². The van der Waals surface area contributed by atoms with Crippen LogP contribution in [-0.4, -0.2) is 19.8 Å². The molecule has 80 valence electrons. The number of nitrogen functional groups attached to an aromatic ring is 1. The minimum Gasteiger partial charge on any atom is -0.374 e. The Morgan fingerprint density at radius 3 is 2.40 bits per heavy atom. The lowest BCUT2D eigenvalue weighted by atomic mass is 9.91. The third-order valence-electron chi connectivity index (χ3n) is 1.83. The largest absolute Gasteiger partial charge is 0.374 e. The molecule has 0 saturated heterocycles. The molecule has 2 aromatic rings. The Balaban J connectivity index is 2.50. The van der Waals surface area contributed by atoms with Crippen LogP contribution in [0.1, 0.15) is 26.5 Å². The van der Waals surface area contributed by atoms with Crippen LogP contribution in [0.4, 0.5) is 5.13 Å². The van der Waals surface area contributed by atoms with Crippen LogP contribution in [0.15, 0.2) is 0 Å². The summed E-state index contributed by atoms with van der Waals surface area (Å²) in [4.78, 5) is 0.969. The second kappa shape index (κ2) is 3.49. The van der Waals surface area contributed by atoms with Crippen LogP contribution in [-0.2, 0) is 5.41 Å². The Morgan fingerprint density at radius 2 is 1.87 bits per heavy atom. The number of nitrogens with zero attached hydrogens (tertiary/aromatic N) is 4. The normalized spacial score (nSPS) is 11.9. The van der Waals surface area contributed by atoms with Gasteiger partial charge in [-0.3, -0.25) is 0 Å². The summed E-state index contributed by atoms with van der Waals surface area (Å²) in [7, 11) is 0. The van der Waals surface area contributed by atoms with Crippen molar-refractivity contribution in [2.24, 2.45) is 0 Å². The fourth-order valence-corrected chi connectivity index (χ4v) is 2.69. The van der Waals surface area contributed by atoms with Crippen molar-refractivity contribution in [1.82, 2.24) is 19.8 Å². The van der Waals surface area contributed by atoms with E-state index in [1.807, 2.05) is 0 Å². The van der Waals surface area contributed by atoms with Crippen LogP contribution in [0.3, 0.4) is 0 Å². The summed E-state index contributed by atoms with van der Waals surface area (Å²) in [6.07, 6.45) is 0. The van der Waals surface area contributed by atoms with Crippen molar-refractivity contribution in [1.29, 1.82) is 0 Å². The number of hydrogen-bond donors (Lipinski definition) is 1. The Labute approximate surface area is 95.5 Å². The Kier molecular flexibility index (Phi) is 2.43. The van der Waals surface area contributed by atoms with Gasteiger partial charge in [0, 0.05) is 5.41 Å². The highest BCUT2D eigenvalue weighted by atomic mass is 32.1. The van der Waals surface area contributed by atoms with Gasteiger partial charge in [-0.2, -0.15) is 0 Å². The van der Waals surface area contributed by atoms with Gasteiger partial charge >= 0.3 is 0 Å². The van der Waals surface area contributed by atoms with Crippen LogP contribution in [0.2, 0.25) is 0 Å². The summed E-state index contributed by atoms with van der Waals surface area (Å²) in [6.45, 7) is 6.28. The smallest absolute Gasteiger partial charge is 0.203 e. The lowest BCUT2D eigenvalue weighted by Gasteiger charge is -2.15. The molecule has 2 aromatic heterocycles. The average molecular weight is 241 g/mol. The maximum atomic E-state index is 5.55. The van der Waals surface area contributed by atoms with Crippen molar-refractivity contribution in [2.75, 3.05) is 5.73 Å². The minimum absolute atomic E-state index is 0.0389. The molecule has 0 aromatic carbocycles. The monoisotopic (exact) mass is 241 g/mol. The molecule has 15 heavy (non-hydrogen) atoms. The van der Waals surface area contributed by atoms with Gasteiger partial charge in [-0.15, -0.1) is 15.3 Å². The van der Waals surface area contributed by atoms with Gasteiger partial charge in [-0.1, -0.05) is 36.6 Å². The van der Waals surface area contributed by atoms with Crippen molar-refractivity contribution < 1.29 is 0 Å². The van der Waals surface area contributed by atoms with Gasteiger partial charge < -0.3 is 5.73 Å². The molecule has 2 heterocycles. The molecule has 0 radical (unpaired) electrons. The molecule has 0 aliphatic rings. The SMILES string of the molecule is CC(C)(C)c1nnsc1-c1nnc(N)s1. The second-order valence-electron chi connectivity index (χ2n) is 4.15. The fraction of sp³-hybridized carbons (Fsp3) is 0.500. The van der Waals surface area contributed by atoms with Gasteiger partial charge in [0.05, 0.1) is 5.69 Å². The van der Waals surface area contributed by atoms with E-state index in [0.717, 1.165) is 15.6 Å². The number of nitrogens with two attached hydrogens (primary N) is 1. The van der Waals surface area contributed by atoms with E-state index >= 15 is 0 Å². The first-order chi connectivity index (χ1) is 6.98. The highest BCUT2D eigenvalue weighted by molar-refractivity contribution is 7.21. The molecule has 2 N–H and O–H groups in total. The quantitative estimate of drug-likeness (QED) is 0.825. The summed E-state index contributed by atoms with van der Waals surface area (Å²) in [5, 5.41) is 13.2. The third kappa shape index (κ3) is 1.98. The van der Waals surface area contributed by atoms with Crippen molar-refractivity contribution in [3.63, 3.8) is 0 Å². The first kappa shape index (κ1) is 10.4. The molecule has 7 heteroatoms. The maximum Gasteiger partial charge on any atom is 0.203 e. The molecule has 0 aliphatic carbocycles. The third-order valence-corrected chi connectivity index (χ3v) is 3.46. The van der Waals surface area contributed by atoms with Gasteiger partial charge in [0.1, 0.15) is 4.88 Å². The van der Waals surface area contributed by atoms with Crippen LogP contribution in [0.25, 0.3) is 9.88 Å². The highest BCUT2D eigenvalue weighted by Crippen LogP contribution is 2.35. The van der Waals surface area contributed by atoms with Gasteiger partial charge in [0.25, 0.3) is 0 Å². The molecule has 0 atom stereocenters. The zero-order chi connectivity index (χ0) is 11.1. The predicted octanol–water partition coefficient (Wildman–Crippen LogP) is 1.94. The number of anilines is 1. The molecular formula is C8H11N5S2. The van der Waals surface area contributed by atoms with Crippen LogP contribution < -0.4 is 5.73 Å². The average Bonchev–Trinajstić information content (AvgIpc) is 2.68. The van der Waals surface area contributed by atoms with E-state index in [1.54, 1.807) is 0 Å². The first-order valence-electron chi connectivity index (χ1n) is 4.40. The molecule has 0 fully saturated rings. The first-order valence-corrected chi connectivity index (χ1v) is 5.99. The van der Waals surface area contributed by atoms with Gasteiger partial charge in [0.2, 0.25) is 5.13 Å². The Bertz CT molecular complexity index is 467. The van der Waals surface area contributed by atoms with Gasteiger partial charge in [0.15, 0.2) is 5.01 Å². The summed E-state index contributed by atoms with van der Waals surface area (Å²) in [5.41, 5.74) is 6.46.